The number of nitriles is 1. The van der Waals surface area contributed by atoms with Gasteiger partial charge in [0.2, 0.25) is 0 Å². The topological polar surface area (TPSA) is 43.7 Å². The summed E-state index contributed by atoms with van der Waals surface area (Å²) in [4.78, 5) is 0. The molecule has 0 aliphatic rings. The largest absolute Gasteiger partial charge is 0.193 e. The van der Waals surface area contributed by atoms with Gasteiger partial charge in [0.1, 0.15) is 0 Å². The second-order valence-electron chi connectivity index (χ2n) is 1.61. The summed E-state index contributed by atoms with van der Waals surface area (Å²) < 4.78 is 10.3. The first kappa shape index (κ1) is 8.41. The first-order valence-corrected chi connectivity index (χ1v) is 3.91. The Morgan fingerprint density at radius 1 is 1.78 bits per heavy atom. The van der Waals surface area contributed by atoms with Crippen molar-refractivity contribution < 1.29 is 4.55 Å². The van der Waals surface area contributed by atoms with Crippen LogP contribution in [0.1, 0.15) is 6.42 Å². The van der Waals surface area contributed by atoms with Gasteiger partial charge in [-0.1, -0.05) is 6.58 Å². The SMILES string of the molecule is C=C(C#N)CCS(=C)[O]. The van der Waals surface area contributed by atoms with Gasteiger partial charge in [-0.3, -0.25) is 0 Å². The lowest BCUT2D eigenvalue weighted by Crippen LogP contribution is -1.81. The molecule has 0 aliphatic carbocycles. The Labute approximate surface area is 57.6 Å². The number of rotatable bonds is 3. The molecule has 0 saturated heterocycles. The molecule has 0 heterocycles. The van der Waals surface area contributed by atoms with Crippen LogP contribution in [0.3, 0.4) is 0 Å². The molecular formula is C6H8NOS. The fourth-order valence-electron chi connectivity index (χ4n) is 0.293. The van der Waals surface area contributed by atoms with Crippen LogP contribution in [-0.4, -0.2) is 11.6 Å². The molecule has 0 aliphatic heterocycles. The maximum absolute atomic E-state index is 10.3. The maximum atomic E-state index is 10.3. The van der Waals surface area contributed by atoms with Crippen molar-refractivity contribution in [3.8, 4) is 6.07 Å². The Morgan fingerprint density at radius 2 is 2.33 bits per heavy atom. The minimum Gasteiger partial charge on any atom is -0.193 e. The van der Waals surface area contributed by atoms with Crippen LogP contribution in [0.25, 0.3) is 0 Å². The third-order valence-electron chi connectivity index (χ3n) is 0.790. The molecule has 3 heteroatoms. The highest BCUT2D eigenvalue weighted by atomic mass is 32.2. The average molecular weight is 142 g/mol. The van der Waals surface area contributed by atoms with Crippen molar-refractivity contribution >= 4 is 16.6 Å². The Hall–Kier alpha value is -0.590. The average Bonchev–Trinajstić information content (AvgIpc) is 1.83. The van der Waals surface area contributed by atoms with Gasteiger partial charge in [0.15, 0.2) is 0 Å². The quantitative estimate of drug-likeness (QED) is 0.435. The molecule has 0 fully saturated rings. The molecule has 1 unspecified atom stereocenters. The van der Waals surface area contributed by atoms with E-state index in [4.69, 9.17) is 5.26 Å². The predicted molar refractivity (Wildman–Crippen MR) is 39.6 cm³/mol. The zero-order chi connectivity index (χ0) is 7.28. The lowest BCUT2D eigenvalue weighted by molar-refractivity contribution is 0.528. The van der Waals surface area contributed by atoms with Crippen molar-refractivity contribution in [1.29, 1.82) is 5.26 Å². The van der Waals surface area contributed by atoms with E-state index in [2.05, 4.69) is 12.4 Å². The van der Waals surface area contributed by atoms with Gasteiger partial charge in [0.05, 0.1) is 6.07 Å². The standard InChI is InChI=1S/C6H8NOS/c1-6(5-7)3-4-9(2)8/h1-4H2. The number of hydrogen-bond acceptors (Lipinski definition) is 1. The molecular weight excluding hydrogens is 134 g/mol. The lowest BCUT2D eigenvalue weighted by Gasteiger charge is -1.92. The zero-order valence-electron chi connectivity index (χ0n) is 5.09. The van der Waals surface area contributed by atoms with Gasteiger partial charge >= 0.3 is 0 Å². The van der Waals surface area contributed by atoms with Gasteiger partial charge in [0.25, 0.3) is 0 Å². The highest BCUT2D eigenvalue weighted by Crippen LogP contribution is 2.08. The molecule has 0 rings (SSSR count). The summed E-state index contributed by atoms with van der Waals surface area (Å²) in [6.45, 7) is 3.42. The van der Waals surface area contributed by atoms with Crippen LogP contribution in [0.5, 0.6) is 0 Å². The van der Waals surface area contributed by atoms with E-state index in [1.165, 1.54) is 0 Å². The monoisotopic (exact) mass is 142 g/mol. The van der Waals surface area contributed by atoms with Crippen molar-refractivity contribution in [3.63, 3.8) is 0 Å². The normalized spacial score (nSPS) is 12.0. The molecule has 9 heavy (non-hydrogen) atoms. The molecule has 1 atom stereocenters. The summed E-state index contributed by atoms with van der Waals surface area (Å²) in [5.74, 6) is 3.70. The van der Waals surface area contributed by atoms with Crippen LogP contribution >= 0.6 is 10.8 Å². The third-order valence-corrected chi connectivity index (χ3v) is 1.45. The van der Waals surface area contributed by atoms with Gasteiger partial charge in [-0.2, -0.15) is 9.81 Å². The van der Waals surface area contributed by atoms with E-state index in [0.29, 0.717) is 17.7 Å². The molecule has 2 nitrogen and oxygen atoms in total. The first-order valence-electron chi connectivity index (χ1n) is 2.42. The van der Waals surface area contributed by atoms with Crippen molar-refractivity contribution in [2.45, 2.75) is 6.42 Å². The number of hydrogen-bond donors (Lipinski definition) is 0. The smallest absolute Gasteiger partial charge is 0.0941 e. The van der Waals surface area contributed by atoms with Crippen molar-refractivity contribution in [1.82, 2.24) is 0 Å². The third kappa shape index (κ3) is 5.28. The van der Waals surface area contributed by atoms with E-state index in [1.54, 1.807) is 0 Å². The van der Waals surface area contributed by atoms with Crippen LogP contribution in [0, 0.1) is 11.3 Å². The van der Waals surface area contributed by atoms with Crippen LogP contribution in [-0.2, 0) is 4.55 Å². The molecule has 0 bridgehead atoms. The minimum absolute atomic E-state index is 0.437. The zero-order valence-corrected chi connectivity index (χ0v) is 5.91. The van der Waals surface area contributed by atoms with Crippen molar-refractivity contribution in [2.75, 3.05) is 5.75 Å². The summed E-state index contributed by atoms with van der Waals surface area (Å²) >= 11 is 0. The van der Waals surface area contributed by atoms with Crippen LogP contribution in [0.15, 0.2) is 12.2 Å². The maximum Gasteiger partial charge on any atom is 0.0941 e. The summed E-state index contributed by atoms with van der Waals surface area (Å²) in [7, 11) is -1.05. The summed E-state index contributed by atoms with van der Waals surface area (Å²) in [6.07, 6.45) is 0.493. The van der Waals surface area contributed by atoms with Crippen molar-refractivity contribution in [2.24, 2.45) is 0 Å². The Balaban J connectivity index is 3.43. The molecule has 0 spiro atoms. The Kier molecular flexibility index (Phi) is 4.02. The second-order valence-corrected chi connectivity index (χ2v) is 2.90. The van der Waals surface area contributed by atoms with E-state index in [0.717, 1.165) is 0 Å². The van der Waals surface area contributed by atoms with Crippen LogP contribution < -0.4 is 0 Å². The summed E-state index contributed by atoms with van der Waals surface area (Å²) in [6, 6.07) is 1.86. The predicted octanol–water partition coefficient (Wildman–Crippen LogP) is 1.50. The minimum atomic E-state index is -1.05. The molecule has 0 amide bonds. The van der Waals surface area contributed by atoms with E-state index in [-0.39, 0.29) is 0 Å². The van der Waals surface area contributed by atoms with Crippen molar-refractivity contribution in [3.05, 3.63) is 12.2 Å². The van der Waals surface area contributed by atoms with E-state index in [1.807, 2.05) is 6.07 Å². The fourth-order valence-corrected chi connectivity index (χ4v) is 0.767. The Morgan fingerprint density at radius 3 is 2.67 bits per heavy atom. The lowest BCUT2D eigenvalue weighted by atomic mass is 10.3. The number of allylic oxidation sites excluding steroid dienone is 1. The van der Waals surface area contributed by atoms with Crippen LogP contribution in [0.2, 0.25) is 0 Å². The fraction of sp³-hybridized carbons (Fsp3) is 0.333. The number of nitrogens with zero attached hydrogens (tertiary/aromatic N) is 1. The highest BCUT2D eigenvalue weighted by molar-refractivity contribution is 8.08. The first-order chi connectivity index (χ1) is 4.16. The van der Waals surface area contributed by atoms with E-state index < -0.39 is 10.8 Å². The van der Waals surface area contributed by atoms with Gasteiger partial charge in [-0.25, -0.2) is 0 Å². The van der Waals surface area contributed by atoms with E-state index >= 15 is 0 Å². The molecule has 49 valence electrons. The van der Waals surface area contributed by atoms with Crippen LogP contribution in [0.4, 0.5) is 0 Å². The Bertz CT molecular complexity index is 168. The molecule has 0 N–H and O–H groups in total. The second kappa shape index (κ2) is 4.30. The molecule has 1 radical (unpaired) electrons. The molecule has 0 saturated carbocycles. The van der Waals surface area contributed by atoms with Gasteiger partial charge < -0.3 is 0 Å². The highest BCUT2D eigenvalue weighted by Gasteiger charge is 1.91. The van der Waals surface area contributed by atoms with Gasteiger partial charge in [0, 0.05) is 11.3 Å². The molecule has 0 aromatic heterocycles. The van der Waals surface area contributed by atoms with Gasteiger partial charge in [-0.05, 0) is 23.1 Å². The van der Waals surface area contributed by atoms with E-state index in [9.17, 15) is 4.55 Å². The van der Waals surface area contributed by atoms with Gasteiger partial charge in [-0.15, -0.1) is 0 Å². The summed E-state index contributed by atoms with van der Waals surface area (Å²) in [5, 5.41) is 8.18. The molecule has 0 aromatic rings. The summed E-state index contributed by atoms with van der Waals surface area (Å²) in [5.41, 5.74) is 0.465. The molecule has 0 aromatic carbocycles.